The molecule has 0 spiro atoms. The molecule has 1 aliphatic rings. The molecule has 0 amide bonds. The highest BCUT2D eigenvalue weighted by Crippen LogP contribution is 2.33. The van der Waals surface area contributed by atoms with Gasteiger partial charge in [-0.1, -0.05) is 26.0 Å². The average Bonchev–Trinajstić information content (AvgIpc) is 2.82. The molecule has 3 heteroatoms. The Morgan fingerprint density at radius 2 is 2.26 bits per heavy atom. The molecule has 19 heavy (non-hydrogen) atoms. The molecule has 2 unspecified atom stereocenters. The molecule has 1 aromatic rings. The van der Waals surface area contributed by atoms with Gasteiger partial charge in [0.15, 0.2) is 0 Å². The molecular formula is C16H25FN2. The van der Waals surface area contributed by atoms with Crippen LogP contribution in [0.1, 0.15) is 45.2 Å². The number of halogens is 1. The summed E-state index contributed by atoms with van der Waals surface area (Å²) in [6.07, 6.45) is 2.25. The Bertz CT molecular complexity index is 419. The number of para-hydroxylation sites is 1. The van der Waals surface area contributed by atoms with Crippen molar-refractivity contribution >= 4 is 5.69 Å². The first-order chi connectivity index (χ1) is 9.13. The van der Waals surface area contributed by atoms with Gasteiger partial charge >= 0.3 is 0 Å². The first-order valence-corrected chi connectivity index (χ1v) is 7.40. The van der Waals surface area contributed by atoms with E-state index in [1.54, 1.807) is 6.07 Å². The molecule has 1 aliphatic heterocycles. The van der Waals surface area contributed by atoms with Crippen LogP contribution in [-0.4, -0.2) is 19.6 Å². The maximum absolute atomic E-state index is 14.2. The summed E-state index contributed by atoms with van der Waals surface area (Å²) in [6.45, 7) is 9.40. The van der Waals surface area contributed by atoms with E-state index in [4.69, 9.17) is 0 Å². The van der Waals surface area contributed by atoms with E-state index in [0.29, 0.717) is 5.92 Å². The highest BCUT2D eigenvalue weighted by atomic mass is 19.1. The van der Waals surface area contributed by atoms with E-state index in [2.05, 4.69) is 37.1 Å². The normalized spacial score (nSPS) is 20.8. The highest BCUT2D eigenvalue weighted by molar-refractivity contribution is 5.56. The third-order valence-electron chi connectivity index (χ3n) is 3.93. The minimum Gasteiger partial charge on any atom is -0.369 e. The van der Waals surface area contributed by atoms with Crippen LogP contribution in [-0.2, 0) is 0 Å². The Labute approximate surface area is 116 Å². The minimum atomic E-state index is -0.0863. The summed E-state index contributed by atoms with van der Waals surface area (Å²) in [5.74, 6) is 0.572. The van der Waals surface area contributed by atoms with Gasteiger partial charge in [-0.25, -0.2) is 4.39 Å². The van der Waals surface area contributed by atoms with Gasteiger partial charge < -0.3 is 10.2 Å². The zero-order valence-electron chi connectivity index (χ0n) is 12.2. The Kier molecular flexibility index (Phi) is 4.81. The van der Waals surface area contributed by atoms with E-state index in [-0.39, 0.29) is 11.9 Å². The molecule has 1 aromatic carbocycles. The third-order valence-corrected chi connectivity index (χ3v) is 3.93. The fourth-order valence-electron chi connectivity index (χ4n) is 2.82. The van der Waals surface area contributed by atoms with Crippen LogP contribution in [0.3, 0.4) is 0 Å². The Hall–Kier alpha value is -1.09. The molecule has 2 rings (SSSR count). The summed E-state index contributed by atoms with van der Waals surface area (Å²) in [7, 11) is 0. The molecule has 106 valence electrons. The molecule has 0 bridgehead atoms. The Morgan fingerprint density at radius 3 is 2.89 bits per heavy atom. The fourth-order valence-corrected chi connectivity index (χ4v) is 2.82. The zero-order valence-corrected chi connectivity index (χ0v) is 12.2. The fraction of sp³-hybridized carbons (Fsp3) is 0.625. The number of nitrogens with zero attached hydrogens (tertiary/aromatic N) is 1. The van der Waals surface area contributed by atoms with Crippen LogP contribution in [0.25, 0.3) is 0 Å². The van der Waals surface area contributed by atoms with Crippen molar-refractivity contribution in [2.24, 2.45) is 5.92 Å². The van der Waals surface area contributed by atoms with Gasteiger partial charge in [0.25, 0.3) is 0 Å². The SMILES string of the molecule is CCCNC(C)c1cccc(F)c1N1CCC(C)C1. The predicted molar refractivity (Wildman–Crippen MR) is 79.1 cm³/mol. The summed E-state index contributed by atoms with van der Waals surface area (Å²) in [5, 5.41) is 3.46. The van der Waals surface area contributed by atoms with Crippen molar-refractivity contribution < 1.29 is 4.39 Å². The van der Waals surface area contributed by atoms with Crippen molar-refractivity contribution in [2.75, 3.05) is 24.5 Å². The molecule has 0 aromatic heterocycles. The largest absolute Gasteiger partial charge is 0.369 e. The topological polar surface area (TPSA) is 15.3 Å². The minimum absolute atomic E-state index is 0.0863. The lowest BCUT2D eigenvalue weighted by atomic mass is 10.0. The number of hydrogen-bond donors (Lipinski definition) is 1. The molecule has 2 nitrogen and oxygen atoms in total. The molecule has 0 saturated carbocycles. The lowest BCUT2D eigenvalue weighted by molar-refractivity contribution is 0.559. The van der Waals surface area contributed by atoms with Crippen molar-refractivity contribution in [1.29, 1.82) is 0 Å². The van der Waals surface area contributed by atoms with Gasteiger partial charge in [-0.15, -0.1) is 0 Å². The monoisotopic (exact) mass is 264 g/mol. The average molecular weight is 264 g/mol. The molecule has 1 heterocycles. The summed E-state index contributed by atoms with van der Waals surface area (Å²) >= 11 is 0. The van der Waals surface area contributed by atoms with Crippen LogP contribution in [0.15, 0.2) is 18.2 Å². The van der Waals surface area contributed by atoms with Crippen LogP contribution in [0.5, 0.6) is 0 Å². The van der Waals surface area contributed by atoms with Crippen molar-refractivity contribution in [3.05, 3.63) is 29.6 Å². The molecule has 1 saturated heterocycles. The second kappa shape index (κ2) is 6.38. The van der Waals surface area contributed by atoms with Crippen molar-refractivity contribution in [3.8, 4) is 0 Å². The summed E-state index contributed by atoms with van der Waals surface area (Å²) in [4.78, 5) is 2.21. The van der Waals surface area contributed by atoms with Crippen LogP contribution < -0.4 is 10.2 Å². The van der Waals surface area contributed by atoms with E-state index in [0.717, 1.165) is 43.7 Å². The smallest absolute Gasteiger partial charge is 0.146 e. The molecular weight excluding hydrogens is 239 g/mol. The Morgan fingerprint density at radius 1 is 1.47 bits per heavy atom. The standard InChI is InChI=1S/C16H25FN2/c1-4-9-18-13(3)14-6-5-7-15(17)16(14)19-10-8-12(2)11-19/h5-7,12-13,18H,4,8-11H2,1-3H3. The first-order valence-electron chi connectivity index (χ1n) is 7.40. The van der Waals surface area contributed by atoms with Gasteiger partial charge in [-0.05, 0) is 43.9 Å². The number of benzene rings is 1. The van der Waals surface area contributed by atoms with E-state index < -0.39 is 0 Å². The van der Waals surface area contributed by atoms with Crippen LogP contribution in [0.4, 0.5) is 10.1 Å². The molecule has 1 N–H and O–H groups in total. The lowest BCUT2D eigenvalue weighted by Crippen LogP contribution is -2.26. The van der Waals surface area contributed by atoms with Gasteiger partial charge in [0.2, 0.25) is 0 Å². The number of hydrogen-bond acceptors (Lipinski definition) is 2. The second-order valence-electron chi connectivity index (χ2n) is 5.69. The van der Waals surface area contributed by atoms with Crippen molar-refractivity contribution in [3.63, 3.8) is 0 Å². The van der Waals surface area contributed by atoms with Gasteiger partial charge in [0.05, 0.1) is 5.69 Å². The summed E-state index contributed by atoms with van der Waals surface area (Å²) < 4.78 is 14.2. The van der Waals surface area contributed by atoms with E-state index >= 15 is 0 Å². The molecule has 2 atom stereocenters. The van der Waals surface area contributed by atoms with E-state index in [1.807, 2.05) is 6.07 Å². The quantitative estimate of drug-likeness (QED) is 0.871. The van der Waals surface area contributed by atoms with Gasteiger partial charge in [-0.3, -0.25) is 0 Å². The van der Waals surface area contributed by atoms with Gasteiger partial charge in [0.1, 0.15) is 5.82 Å². The number of rotatable bonds is 5. The van der Waals surface area contributed by atoms with E-state index in [9.17, 15) is 4.39 Å². The second-order valence-corrected chi connectivity index (χ2v) is 5.69. The maximum Gasteiger partial charge on any atom is 0.146 e. The molecule has 0 aliphatic carbocycles. The maximum atomic E-state index is 14.2. The van der Waals surface area contributed by atoms with Crippen LogP contribution in [0.2, 0.25) is 0 Å². The molecule has 1 fully saturated rings. The van der Waals surface area contributed by atoms with Gasteiger partial charge in [-0.2, -0.15) is 0 Å². The van der Waals surface area contributed by atoms with Crippen LogP contribution in [0, 0.1) is 11.7 Å². The highest BCUT2D eigenvalue weighted by Gasteiger charge is 2.25. The first kappa shape index (κ1) is 14.3. The van der Waals surface area contributed by atoms with Crippen LogP contribution >= 0.6 is 0 Å². The van der Waals surface area contributed by atoms with Crippen molar-refractivity contribution in [2.45, 2.75) is 39.7 Å². The Balaban J connectivity index is 2.25. The predicted octanol–water partition coefficient (Wildman–Crippen LogP) is 3.73. The van der Waals surface area contributed by atoms with Crippen molar-refractivity contribution in [1.82, 2.24) is 5.32 Å². The molecule has 0 radical (unpaired) electrons. The summed E-state index contributed by atoms with van der Waals surface area (Å²) in [5.41, 5.74) is 1.89. The zero-order chi connectivity index (χ0) is 13.8. The lowest BCUT2D eigenvalue weighted by Gasteiger charge is -2.25. The van der Waals surface area contributed by atoms with E-state index in [1.165, 1.54) is 0 Å². The van der Waals surface area contributed by atoms with Gasteiger partial charge in [0, 0.05) is 19.1 Å². The number of anilines is 1. The third kappa shape index (κ3) is 3.27. The number of nitrogens with one attached hydrogen (secondary N) is 1. The summed E-state index contributed by atoms with van der Waals surface area (Å²) in [6, 6.07) is 5.64.